The van der Waals surface area contributed by atoms with Gasteiger partial charge < -0.3 is 5.32 Å². The molecule has 0 spiro atoms. The highest BCUT2D eigenvalue weighted by atomic mass is 35.5. The Morgan fingerprint density at radius 2 is 2.10 bits per heavy atom. The molecule has 4 rings (SSSR count). The molecule has 0 saturated heterocycles. The minimum Gasteiger partial charge on any atom is -0.324 e. The fourth-order valence-corrected chi connectivity index (χ4v) is 4.63. The van der Waals surface area contributed by atoms with Crippen LogP contribution in [0.3, 0.4) is 0 Å². The molecule has 30 heavy (non-hydrogen) atoms. The zero-order valence-electron chi connectivity index (χ0n) is 15.6. The van der Waals surface area contributed by atoms with Gasteiger partial charge in [0.1, 0.15) is 0 Å². The second-order valence-corrected chi connectivity index (χ2v) is 9.49. The first-order valence-electron chi connectivity index (χ1n) is 9.07. The Kier molecular flexibility index (Phi) is 5.82. The van der Waals surface area contributed by atoms with Crippen LogP contribution in [0.25, 0.3) is 10.7 Å². The first kappa shape index (κ1) is 21.2. The Balaban J connectivity index is 1.51. The lowest BCUT2D eigenvalue weighted by molar-refractivity contribution is -0.137. The number of nitrogens with zero attached hydrogens (tertiary/aromatic N) is 3. The highest BCUT2D eigenvalue weighted by molar-refractivity contribution is 8.00. The molecule has 1 fully saturated rings. The summed E-state index contributed by atoms with van der Waals surface area (Å²) in [5, 5.41) is 13.0. The van der Waals surface area contributed by atoms with Crippen LogP contribution in [-0.4, -0.2) is 25.9 Å². The summed E-state index contributed by atoms with van der Waals surface area (Å²) in [6.07, 6.45) is -2.49. The molecule has 1 unspecified atom stereocenters. The number of alkyl halides is 3. The van der Waals surface area contributed by atoms with Crippen LogP contribution in [-0.2, 0) is 11.0 Å². The van der Waals surface area contributed by atoms with Gasteiger partial charge in [0.2, 0.25) is 5.91 Å². The summed E-state index contributed by atoms with van der Waals surface area (Å²) in [6, 6.07) is 7.03. The highest BCUT2D eigenvalue weighted by Crippen LogP contribution is 2.42. The topological polar surface area (TPSA) is 59.8 Å². The van der Waals surface area contributed by atoms with E-state index >= 15 is 0 Å². The summed E-state index contributed by atoms with van der Waals surface area (Å²) in [7, 11) is 0. The average Bonchev–Trinajstić information content (AvgIpc) is 3.21. The van der Waals surface area contributed by atoms with Crippen molar-refractivity contribution in [3.63, 3.8) is 0 Å². The van der Waals surface area contributed by atoms with E-state index in [4.69, 9.17) is 11.6 Å². The van der Waals surface area contributed by atoms with Crippen LogP contribution in [0.15, 0.2) is 40.9 Å². The lowest BCUT2D eigenvalue weighted by Gasteiger charge is -2.15. The zero-order valence-corrected chi connectivity index (χ0v) is 18.0. The largest absolute Gasteiger partial charge is 0.416 e. The predicted octanol–water partition coefficient (Wildman–Crippen LogP) is 6.13. The summed E-state index contributed by atoms with van der Waals surface area (Å²) < 4.78 is 40.9. The van der Waals surface area contributed by atoms with Crippen molar-refractivity contribution in [3.05, 3.63) is 46.3 Å². The van der Waals surface area contributed by atoms with E-state index in [9.17, 15) is 18.0 Å². The van der Waals surface area contributed by atoms with Crippen LogP contribution < -0.4 is 5.32 Å². The Labute approximate surface area is 183 Å². The van der Waals surface area contributed by atoms with E-state index in [1.54, 1.807) is 18.3 Å². The maximum Gasteiger partial charge on any atom is 0.416 e. The van der Waals surface area contributed by atoms with Crippen molar-refractivity contribution in [3.8, 4) is 10.7 Å². The Hall–Kier alpha value is -2.04. The van der Waals surface area contributed by atoms with Gasteiger partial charge >= 0.3 is 6.18 Å². The molecule has 1 aliphatic rings. The first-order valence-corrected chi connectivity index (χ1v) is 11.2. The van der Waals surface area contributed by atoms with Crippen LogP contribution in [0.5, 0.6) is 0 Å². The molecule has 0 bridgehead atoms. The van der Waals surface area contributed by atoms with Gasteiger partial charge in [-0.05, 0) is 49.4 Å². The molecule has 0 radical (unpaired) electrons. The molecule has 1 saturated carbocycles. The summed E-state index contributed by atoms with van der Waals surface area (Å²) in [5.41, 5.74) is -0.955. The number of rotatable bonds is 6. The maximum atomic E-state index is 13.0. The molecule has 158 valence electrons. The van der Waals surface area contributed by atoms with Gasteiger partial charge in [-0.3, -0.25) is 9.36 Å². The van der Waals surface area contributed by atoms with Gasteiger partial charge in [-0.15, -0.1) is 21.5 Å². The van der Waals surface area contributed by atoms with Gasteiger partial charge in [0.05, 0.1) is 26.4 Å². The second-order valence-electron chi connectivity index (χ2n) is 6.83. The van der Waals surface area contributed by atoms with Crippen molar-refractivity contribution in [2.45, 2.75) is 42.4 Å². The fourth-order valence-electron chi connectivity index (χ4n) is 2.84. The third-order valence-electron chi connectivity index (χ3n) is 4.52. The summed E-state index contributed by atoms with van der Waals surface area (Å²) >= 11 is 8.75. The molecular formula is C19H16ClF3N4OS2. The van der Waals surface area contributed by atoms with Crippen LogP contribution in [0.4, 0.5) is 18.9 Å². The fraction of sp³-hybridized carbons (Fsp3) is 0.316. The van der Waals surface area contributed by atoms with Crippen molar-refractivity contribution in [1.29, 1.82) is 0 Å². The van der Waals surface area contributed by atoms with Crippen molar-refractivity contribution < 1.29 is 18.0 Å². The Morgan fingerprint density at radius 3 is 2.73 bits per heavy atom. The molecular weight excluding hydrogens is 457 g/mol. The standard InChI is InChI=1S/C19H16ClF3N4OS2/c1-10(17(28)24-14-9-11(19(21,22)23)4-7-13(14)20)30-18-26-25-16(15-3-2-8-29-15)27(18)12-5-6-12/h2-4,7-10,12H,5-6H2,1H3,(H,24,28). The van der Waals surface area contributed by atoms with Gasteiger partial charge in [-0.2, -0.15) is 13.2 Å². The van der Waals surface area contributed by atoms with Crippen molar-refractivity contribution in [1.82, 2.24) is 14.8 Å². The van der Waals surface area contributed by atoms with Crippen LogP contribution in [0.2, 0.25) is 5.02 Å². The number of thioether (sulfide) groups is 1. The number of hydrogen-bond donors (Lipinski definition) is 1. The molecule has 0 aliphatic heterocycles. The lowest BCUT2D eigenvalue weighted by atomic mass is 10.2. The molecule has 1 N–H and O–H groups in total. The van der Waals surface area contributed by atoms with E-state index in [1.807, 2.05) is 22.1 Å². The summed E-state index contributed by atoms with van der Waals surface area (Å²) in [6.45, 7) is 1.66. The van der Waals surface area contributed by atoms with Crippen molar-refractivity contribution >= 4 is 46.3 Å². The minimum absolute atomic E-state index is 0.0367. The summed E-state index contributed by atoms with van der Waals surface area (Å²) in [4.78, 5) is 13.6. The predicted molar refractivity (Wildman–Crippen MR) is 112 cm³/mol. The molecule has 2 aromatic heterocycles. The van der Waals surface area contributed by atoms with E-state index in [1.165, 1.54) is 11.8 Å². The van der Waals surface area contributed by atoms with E-state index in [0.29, 0.717) is 11.2 Å². The molecule has 2 heterocycles. The number of anilines is 1. The number of benzene rings is 1. The van der Waals surface area contributed by atoms with E-state index in [0.717, 1.165) is 41.7 Å². The van der Waals surface area contributed by atoms with E-state index in [-0.39, 0.29) is 10.7 Å². The average molecular weight is 473 g/mol. The number of aromatic nitrogens is 3. The number of carbonyl (C=O) groups excluding carboxylic acids is 1. The quantitative estimate of drug-likeness (QED) is 0.438. The molecule has 11 heteroatoms. The Morgan fingerprint density at radius 1 is 1.33 bits per heavy atom. The molecule has 1 aliphatic carbocycles. The third kappa shape index (κ3) is 4.50. The van der Waals surface area contributed by atoms with Gasteiger partial charge in [-0.25, -0.2) is 0 Å². The monoisotopic (exact) mass is 472 g/mol. The van der Waals surface area contributed by atoms with E-state index in [2.05, 4.69) is 15.5 Å². The Bertz CT molecular complexity index is 1060. The first-order chi connectivity index (χ1) is 14.2. The molecule has 5 nitrogen and oxygen atoms in total. The normalized spacial score (nSPS) is 15.2. The minimum atomic E-state index is -4.52. The summed E-state index contributed by atoms with van der Waals surface area (Å²) in [5.74, 6) is 0.299. The highest BCUT2D eigenvalue weighted by Gasteiger charge is 2.33. The van der Waals surface area contributed by atoms with Gasteiger partial charge in [0.15, 0.2) is 11.0 Å². The van der Waals surface area contributed by atoms with Crippen LogP contribution in [0.1, 0.15) is 31.4 Å². The number of thiophene rings is 1. The van der Waals surface area contributed by atoms with Gasteiger partial charge in [0.25, 0.3) is 0 Å². The molecule has 3 aromatic rings. The molecule has 1 amide bonds. The van der Waals surface area contributed by atoms with Crippen LogP contribution in [0, 0.1) is 0 Å². The van der Waals surface area contributed by atoms with Crippen molar-refractivity contribution in [2.75, 3.05) is 5.32 Å². The number of carbonyl (C=O) groups is 1. The maximum absolute atomic E-state index is 13.0. The third-order valence-corrected chi connectivity index (χ3v) is 6.77. The van der Waals surface area contributed by atoms with Gasteiger partial charge in [-0.1, -0.05) is 29.4 Å². The zero-order chi connectivity index (χ0) is 21.5. The lowest BCUT2D eigenvalue weighted by Crippen LogP contribution is -2.23. The number of amides is 1. The number of halogens is 4. The second kappa shape index (κ2) is 8.24. The van der Waals surface area contributed by atoms with Crippen molar-refractivity contribution in [2.24, 2.45) is 0 Å². The smallest absolute Gasteiger partial charge is 0.324 e. The number of hydrogen-bond acceptors (Lipinski definition) is 5. The van der Waals surface area contributed by atoms with Crippen LogP contribution >= 0.6 is 34.7 Å². The number of nitrogens with one attached hydrogen (secondary N) is 1. The molecule has 1 atom stereocenters. The molecule has 1 aromatic carbocycles. The van der Waals surface area contributed by atoms with E-state index < -0.39 is 22.9 Å². The van der Waals surface area contributed by atoms with Gasteiger partial charge in [0, 0.05) is 6.04 Å². The SMILES string of the molecule is CC(Sc1nnc(-c2cccs2)n1C1CC1)C(=O)Nc1cc(C(F)(F)F)ccc1Cl.